The number of fused-ring (bicyclic) bond motifs is 5. The van der Waals surface area contributed by atoms with E-state index in [0.717, 1.165) is 44.4 Å². The highest BCUT2D eigenvalue weighted by atomic mass is 16.5. The molecule has 0 heterocycles. The van der Waals surface area contributed by atoms with E-state index in [1.165, 1.54) is 25.5 Å². The molecule has 0 aliphatic heterocycles. The molecule has 0 aromatic rings. The molecular formula is C21H32O3. The summed E-state index contributed by atoms with van der Waals surface area (Å²) in [6.07, 6.45) is 11.0. The van der Waals surface area contributed by atoms with E-state index in [4.69, 9.17) is 4.74 Å². The van der Waals surface area contributed by atoms with Gasteiger partial charge in [0.1, 0.15) is 0 Å². The van der Waals surface area contributed by atoms with Crippen molar-refractivity contribution in [3.8, 4) is 0 Å². The van der Waals surface area contributed by atoms with E-state index < -0.39 is 0 Å². The molecule has 134 valence electrons. The smallest absolute Gasteiger partial charge is 0.309 e. The van der Waals surface area contributed by atoms with Crippen LogP contribution in [0.5, 0.6) is 0 Å². The van der Waals surface area contributed by atoms with E-state index in [9.17, 15) is 9.90 Å². The third kappa shape index (κ3) is 2.16. The first kappa shape index (κ1) is 16.6. The van der Waals surface area contributed by atoms with E-state index in [1.54, 1.807) is 0 Å². The van der Waals surface area contributed by atoms with E-state index in [2.05, 4.69) is 19.9 Å². The van der Waals surface area contributed by atoms with Crippen LogP contribution < -0.4 is 0 Å². The standard InChI is InChI=1S/C21H32O3/c1-20-10-8-14(22)12-13(20)4-5-15-16-6-7-18(19(23)24-3)21(16,2)11-9-17(15)20/h4,14-18,22H,5-12H2,1-3H3. The van der Waals surface area contributed by atoms with Crippen molar-refractivity contribution in [2.45, 2.75) is 71.3 Å². The van der Waals surface area contributed by atoms with Crippen molar-refractivity contribution in [3.05, 3.63) is 11.6 Å². The summed E-state index contributed by atoms with van der Waals surface area (Å²) < 4.78 is 5.12. The number of ether oxygens (including phenoxy) is 1. The van der Waals surface area contributed by atoms with Crippen LogP contribution in [0.25, 0.3) is 0 Å². The van der Waals surface area contributed by atoms with Crippen molar-refractivity contribution >= 4 is 5.97 Å². The average Bonchev–Trinajstić information content (AvgIpc) is 2.92. The minimum Gasteiger partial charge on any atom is -0.469 e. The van der Waals surface area contributed by atoms with Crippen LogP contribution in [0.4, 0.5) is 0 Å². The minimum absolute atomic E-state index is 0.0116. The van der Waals surface area contributed by atoms with Crippen LogP contribution in [0, 0.1) is 34.5 Å². The summed E-state index contributed by atoms with van der Waals surface area (Å²) in [4.78, 5) is 12.3. The predicted molar refractivity (Wildman–Crippen MR) is 93.2 cm³/mol. The van der Waals surface area contributed by atoms with Crippen molar-refractivity contribution < 1.29 is 14.6 Å². The molecule has 0 aromatic carbocycles. The van der Waals surface area contributed by atoms with Crippen LogP contribution in [0.2, 0.25) is 0 Å². The maximum atomic E-state index is 12.3. The molecule has 0 spiro atoms. The third-order valence-electron chi connectivity index (χ3n) is 8.56. The van der Waals surface area contributed by atoms with Gasteiger partial charge in [-0.05, 0) is 80.0 Å². The highest BCUT2D eigenvalue weighted by molar-refractivity contribution is 5.73. The van der Waals surface area contributed by atoms with E-state index in [0.29, 0.717) is 11.8 Å². The largest absolute Gasteiger partial charge is 0.469 e. The number of esters is 1. The molecule has 3 nitrogen and oxygen atoms in total. The van der Waals surface area contributed by atoms with Crippen LogP contribution in [0.1, 0.15) is 65.2 Å². The summed E-state index contributed by atoms with van der Waals surface area (Å²) >= 11 is 0. The molecule has 1 N–H and O–H groups in total. The van der Waals surface area contributed by atoms with Gasteiger partial charge in [-0.15, -0.1) is 0 Å². The van der Waals surface area contributed by atoms with Gasteiger partial charge in [0.25, 0.3) is 0 Å². The summed E-state index contributed by atoms with van der Waals surface area (Å²) in [6, 6.07) is 0. The van der Waals surface area contributed by atoms with Crippen LogP contribution in [0.3, 0.4) is 0 Å². The lowest BCUT2D eigenvalue weighted by Crippen LogP contribution is -2.51. The molecule has 7 atom stereocenters. The summed E-state index contributed by atoms with van der Waals surface area (Å²) in [6.45, 7) is 4.81. The van der Waals surface area contributed by atoms with Crippen molar-refractivity contribution in [1.29, 1.82) is 0 Å². The first-order chi connectivity index (χ1) is 11.4. The Bertz CT molecular complexity index is 567. The van der Waals surface area contributed by atoms with Gasteiger partial charge in [0.05, 0.1) is 19.1 Å². The summed E-state index contributed by atoms with van der Waals surface area (Å²) in [5.41, 5.74) is 1.94. The second-order valence-corrected chi connectivity index (χ2v) is 9.35. The van der Waals surface area contributed by atoms with E-state index in [1.807, 2.05) is 0 Å². The molecule has 3 heteroatoms. The number of aliphatic hydroxyl groups excluding tert-OH is 1. The van der Waals surface area contributed by atoms with Crippen LogP contribution in [0.15, 0.2) is 11.6 Å². The molecule has 0 radical (unpaired) electrons. The predicted octanol–water partition coefficient (Wildman–Crippen LogP) is 4.10. The van der Waals surface area contributed by atoms with Crippen molar-refractivity contribution in [2.75, 3.05) is 7.11 Å². The Hall–Kier alpha value is -0.830. The highest BCUT2D eigenvalue weighted by Crippen LogP contribution is 2.66. The third-order valence-corrected chi connectivity index (χ3v) is 8.56. The van der Waals surface area contributed by atoms with Gasteiger partial charge in [-0.25, -0.2) is 0 Å². The monoisotopic (exact) mass is 332 g/mol. The summed E-state index contributed by atoms with van der Waals surface area (Å²) in [5, 5.41) is 10.1. The minimum atomic E-state index is -0.134. The maximum Gasteiger partial charge on any atom is 0.309 e. The summed E-state index contributed by atoms with van der Waals surface area (Å²) in [7, 11) is 1.54. The number of carbonyl (C=O) groups excluding carboxylic acids is 1. The van der Waals surface area contributed by atoms with Gasteiger partial charge in [0.2, 0.25) is 0 Å². The summed E-state index contributed by atoms with van der Waals surface area (Å²) in [5.74, 6) is 2.21. The zero-order valence-corrected chi connectivity index (χ0v) is 15.4. The lowest BCUT2D eigenvalue weighted by atomic mass is 9.47. The van der Waals surface area contributed by atoms with Crippen LogP contribution in [-0.4, -0.2) is 24.3 Å². The number of hydrogen-bond acceptors (Lipinski definition) is 3. The Labute approximate surface area is 145 Å². The van der Waals surface area contributed by atoms with Gasteiger partial charge >= 0.3 is 5.97 Å². The molecule has 0 saturated heterocycles. The molecule has 0 amide bonds. The number of allylic oxidation sites excluding steroid dienone is 1. The van der Waals surface area contributed by atoms with E-state index >= 15 is 0 Å². The van der Waals surface area contributed by atoms with E-state index in [-0.39, 0.29) is 28.8 Å². The second-order valence-electron chi connectivity index (χ2n) is 9.35. The first-order valence-electron chi connectivity index (χ1n) is 9.85. The normalized spacial score (nSPS) is 50.3. The van der Waals surface area contributed by atoms with Gasteiger partial charge in [-0.2, -0.15) is 0 Å². The molecule has 24 heavy (non-hydrogen) atoms. The molecule has 7 unspecified atom stereocenters. The average molecular weight is 332 g/mol. The Morgan fingerprint density at radius 2 is 1.96 bits per heavy atom. The van der Waals surface area contributed by atoms with Gasteiger partial charge < -0.3 is 9.84 Å². The Balaban J connectivity index is 1.64. The SMILES string of the molecule is COC(=O)C1CCC2C3CC=C4CC(O)CCC4(C)C3CCC12C. The van der Waals surface area contributed by atoms with Crippen molar-refractivity contribution in [2.24, 2.45) is 34.5 Å². The number of methoxy groups -OCH3 is 1. The number of aliphatic hydroxyl groups is 1. The Kier molecular flexibility index (Phi) is 3.87. The fourth-order valence-electron chi connectivity index (χ4n) is 7.17. The Morgan fingerprint density at radius 3 is 2.71 bits per heavy atom. The molecular weight excluding hydrogens is 300 g/mol. The second kappa shape index (κ2) is 5.59. The lowest BCUT2D eigenvalue weighted by molar-refractivity contribution is -0.152. The van der Waals surface area contributed by atoms with Gasteiger partial charge in [-0.1, -0.05) is 25.5 Å². The molecule has 0 bridgehead atoms. The zero-order valence-electron chi connectivity index (χ0n) is 15.4. The number of rotatable bonds is 1. The van der Waals surface area contributed by atoms with Crippen LogP contribution >= 0.6 is 0 Å². The molecule has 0 aromatic heterocycles. The van der Waals surface area contributed by atoms with Crippen LogP contribution in [-0.2, 0) is 9.53 Å². The lowest BCUT2D eigenvalue weighted by Gasteiger charge is -2.57. The molecule has 3 saturated carbocycles. The van der Waals surface area contributed by atoms with Crippen molar-refractivity contribution in [1.82, 2.24) is 0 Å². The first-order valence-corrected chi connectivity index (χ1v) is 9.85. The molecule has 4 rings (SSSR count). The topological polar surface area (TPSA) is 46.5 Å². The van der Waals surface area contributed by atoms with Crippen molar-refractivity contribution in [3.63, 3.8) is 0 Å². The fraction of sp³-hybridized carbons (Fsp3) is 0.857. The van der Waals surface area contributed by atoms with Gasteiger partial charge in [-0.3, -0.25) is 4.79 Å². The molecule has 4 aliphatic rings. The highest BCUT2D eigenvalue weighted by Gasteiger charge is 2.60. The van der Waals surface area contributed by atoms with Gasteiger partial charge in [0, 0.05) is 0 Å². The molecule has 3 fully saturated rings. The van der Waals surface area contributed by atoms with Gasteiger partial charge in [0.15, 0.2) is 0 Å². The number of carbonyl (C=O) groups is 1. The maximum absolute atomic E-state index is 12.3. The Morgan fingerprint density at radius 1 is 1.17 bits per heavy atom. The number of hydrogen-bond donors (Lipinski definition) is 1. The zero-order chi connectivity index (χ0) is 17.1. The molecule has 4 aliphatic carbocycles. The quantitative estimate of drug-likeness (QED) is 0.581. The fourth-order valence-corrected chi connectivity index (χ4v) is 7.17.